The number of rotatable bonds is 4. The molecule has 2 N–H and O–H groups in total. The fraction of sp³-hybridized carbons (Fsp3) is 0.0625. The fourth-order valence-electron chi connectivity index (χ4n) is 1.90. The average molecular weight is 343 g/mol. The zero-order chi connectivity index (χ0) is 16.1. The molecule has 0 radical (unpaired) electrons. The normalized spacial score (nSPS) is 10.3. The Bertz CT molecular complexity index is 798. The molecule has 0 spiro atoms. The van der Waals surface area contributed by atoms with E-state index in [2.05, 4.69) is 15.8 Å². The van der Waals surface area contributed by atoms with Crippen LogP contribution >= 0.6 is 22.7 Å². The summed E-state index contributed by atoms with van der Waals surface area (Å²) in [5, 5.41) is 6.75. The number of thiophene rings is 1. The van der Waals surface area contributed by atoms with E-state index in [1.165, 1.54) is 11.3 Å². The smallest absolute Gasteiger partial charge is 0.269 e. The number of aromatic nitrogens is 1. The molecule has 23 heavy (non-hydrogen) atoms. The summed E-state index contributed by atoms with van der Waals surface area (Å²) in [5.74, 6) is -0.660. The molecule has 3 rings (SSSR count). The Morgan fingerprint density at radius 1 is 1.04 bits per heavy atom. The summed E-state index contributed by atoms with van der Waals surface area (Å²) in [6.45, 7) is 0. The highest BCUT2D eigenvalue weighted by atomic mass is 32.1. The van der Waals surface area contributed by atoms with Crippen molar-refractivity contribution >= 4 is 34.5 Å². The third-order valence-electron chi connectivity index (χ3n) is 3.01. The third-order valence-corrected chi connectivity index (χ3v) is 4.64. The number of hydrogen-bond acceptors (Lipinski definition) is 5. The van der Waals surface area contributed by atoms with E-state index in [0.717, 1.165) is 10.6 Å². The van der Waals surface area contributed by atoms with Crippen LogP contribution in [0.5, 0.6) is 0 Å². The second-order valence-corrected chi connectivity index (χ2v) is 6.34. The number of thiazole rings is 1. The summed E-state index contributed by atoms with van der Waals surface area (Å²) in [4.78, 5) is 28.1. The lowest BCUT2D eigenvalue weighted by Crippen LogP contribution is -2.42. The van der Waals surface area contributed by atoms with Gasteiger partial charge in [-0.15, -0.1) is 11.3 Å². The Labute approximate surface area is 141 Å². The van der Waals surface area contributed by atoms with Crippen LogP contribution in [-0.2, 0) is 11.2 Å². The lowest BCUT2D eigenvalue weighted by Gasteiger charge is -2.06. The second-order valence-electron chi connectivity index (χ2n) is 4.70. The van der Waals surface area contributed by atoms with Gasteiger partial charge in [0.2, 0.25) is 5.91 Å². The van der Waals surface area contributed by atoms with Gasteiger partial charge in [0, 0.05) is 21.9 Å². The van der Waals surface area contributed by atoms with Crippen LogP contribution in [-0.4, -0.2) is 16.8 Å². The van der Waals surface area contributed by atoms with Crippen molar-refractivity contribution in [1.82, 2.24) is 15.8 Å². The minimum absolute atomic E-state index is 0.121. The maximum Gasteiger partial charge on any atom is 0.269 e. The van der Waals surface area contributed by atoms with Gasteiger partial charge in [0.1, 0.15) is 5.01 Å². The summed E-state index contributed by atoms with van der Waals surface area (Å²) in [7, 11) is 0. The van der Waals surface area contributed by atoms with Crippen LogP contribution in [0.25, 0.3) is 10.6 Å². The predicted octanol–water partition coefficient (Wildman–Crippen LogP) is 2.88. The van der Waals surface area contributed by atoms with Crippen LogP contribution in [0.4, 0.5) is 0 Å². The number of carbonyl (C=O) groups is 2. The molecule has 2 amide bonds. The van der Waals surface area contributed by atoms with Gasteiger partial charge in [-0.05, 0) is 23.6 Å². The first-order valence-corrected chi connectivity index (χ1v) is 8.66. The van der Waals surface area contributed by atoms with Gasteiger partial charge >= 0.3 is 0 Å². The molecule has 3 aromatic rings. The Hall–Kier alpha value is -2.51. The highest BCUT2D eigenvalue weighted by molar-refractivity contribution is 7.14. The summed E-state index contributed by atoms with van der Waals surface area (Å²) in [5.41, 5.74) is 7.02. The molecule has 0 aliphatic heterocycles. The van der Waals surface area contributed by atoms with Gasteiger partial charge in [0.15, 0.2) is 0 Å². The Morgan fingerprint density at radius 3 is 2.61 bits per heavy atom. The Balaban J connectivity index is 1.53. The van der Waals surface area contributed by atoms with E-state index in [1.54, 1.807) is 35.6 Å². The zero-order valence-corrected chi connectivity index (χ0v) is 13.6. The van der Waals surface area contributed by atoms with Gasteiger partial charge in [-0.3, -0.25) is 20.4 Å². The Morgan fingerprint density at radius 2 is 1.87 bits per heavy atom. The molecule has 5 nitrogen and oxygen atoms in total. The van der Waals surface area contributed by atoms with E-state index in [0.29, 0.717) is 11.3 Å². The van der Waals surface area contributed by atoms with E-state index < -0.39 is 0 Å². The summed E-state index contributed by atoms with van der Waals surface area (Å²) in [6, 6.07) is 10.7. The van der Waals surface area contributed by atoms with Crippen molar-refractivity contribution in [2.24, 2.45) is 0 Å². The van der Waals surface area contributed by atoms with Crippen LogP contribution in [0.3, 0.4) is 0 Å². The summed E-state index contributed by atoms with van der Waals surface area (Å²) >= 11 is 3.11. The fourth-order valence-corrected chi connectivity index (χ4v) is 3.44. The first-order valence-electron chi connectivity index (χ1n) is 6.83. The van der Waals surface area contributed by atoms with Crippen LogP contribution in [0.15, 0.2) is 52.5 Å². The van der Waals surface area contributed by atoms with Gasteiger partial charge in [-0.1, -0.05) is 18.2 Å². The van der Waals surface area contributed by atoms with Crippen LogP contribution < -0.4 is 10.9 Å². The minimum Gasteiger partial charge on any atom is -0.273 e. The second kappa shape index (κ2) is 7.17. The van der Waals surface area contributed by atoms with Gasteiger partial charge in [0.05, 0.1) is 12.1 Å². The largest absolute Gasteiger partial charge is 0.273 e. The molecule has 116 valence electrons. The molecule has 0 fully saturated rings. The molecule has 0 aliphatic carbocycles. The molecule has 0 saturated carbocycles. The topological polar surface area (TPSA) is 71.1 Å². The van der Waals surface area contributed by atoms with Crippen molar-refractivity contribution in [2.75, 3.05) is 0 Å². The lowest BCUT2D eigenvalue weighted by molar-refractivity contribution is -0.121. The van der Waals surface area contributed by atoms with Crippen molar-refractivity contribution in [3.8, 4) is 10.6 Å². The molecule has 0 aliphatic rings. The molecule has 0 atom stereocenters. The number of hydrogen-bond donors (Lipinski definition) is 2. The predicted molar refractivity (Wildman–Crippen MR) is 91.2 cm³/mol. The van der Waals surface area contributed by atoms with Gasteiger partial charge in [-0.2, -0.15) is 11.3 Å². The number of amides is 2. The number of carbonyl (C=O) groups excluding carboxylic acids is 2. The maximum absolute atomic E-state index is 11.9. The zero-order valence-electron chi connectivity index (χ0n) is 12.0. The van der Waals surface area contributed by atoms with Crippen molar-refractivity contribution in [1.29, 1.82) is 0 Å². The van der Waals surface area contributed by atoms with Crippen LogP contribution in [0, 0.1) is 0 Å². The highest BCUT2D eigenvalue weighted by Crippen LogP contribution is 2.25. The van der Waals surface area contributed by atoms with E-state index >= 15 is 0 Å². The quantitative estimate of drug-likeness (QED) is 0.716. The molecule has 7 heteroatoms. The summed E-state index contributed by atoms with van der Waals surface area (Å²) in [6.07, 6.45) is 0.121. The first kappa shape index (κ1) is 15.4. The van der Waals surface area contributed by atoms with Crippen LogP contribution in [0.2, 0.25) is 0 Å². The van der Waals surface area contributed by atoms with Gasteiger partial charge in [0.25, 0.3) is 5.91 Å². The average Bonchev–Trinajstić information content (AvgIpc) is 3.24. The molecule has 0 bridgehead atoms. The SMILES string of the molecule is O=C(Cc1csc(-c2ccsc2)n1)NNC(=O)c1ccccc1. The third kappa shape index (κ3) is 4.02. The minimum atomic E-state index is -0.351. The lowest BCUT2D eigenvalue weighted by atomic mass is 10.2. The molecule has 1 aromatic carbocycles. The van der Waals surface area contributed by atoms with Crippen molar-refractivity contribution in [3.05, 3.63) is 63.8 Å². The monoisotopic (exact) mass is 343 g/mol. The standard InChI is InChI=1S/C16H13N3O2S2/c20-14(18-19-15(21)11-4-2-1-3-5-11)8-13-10-23-16(17-13)12-6-7-22-9-12/h1-7,9-10H,8H2,(H,18,20)(H,19,21). The molecule has 0 unspecified atom stereocenters. The maximum atomic E-state index is 11.9. The van der Waals surface area contributed by atoms with Gasteiger partial charge in [-0.25, -0.2) is 4.98 Å². The highest BCUT2D eigenvalue weighted by Gasteiger charge is 2.10. The molecule has 2 heterocycles. The Kier molecular flexibility index (Phi) is 4.80. The van der Waals surface area contributed by atoms with Crippen LogP contribution in [0.1, 0.15) is 16.1 Å². The van der Waals surface area contributed by atoms with Crippen molar-refractivity contribution in [2.45, 2.75) is 6.42 Å². The number of benzene rings is 1. The van der Waals surface area contributed by atoms with E-state index in [-0.39, 0.29) is 18.2 Å². The van der Waals surface area contributed by atoms with E-state index in [1.807, 2.05) is 28.3 Å². The molecule has 2 aromatic heterocycles. The molecular formula is C16H13N3O2S2. The van der Waals surface area contributed by atoms with E-state index in [4.69, 9.17) is 0 Å². The first-order chi connectivity index (χ1) is 11.2. The number of hydrazine groups is 1. The number of nitrogens with one attached hydrogen (secondary N) is 2. The van der Waals surface area contributed by atoms with E-state index in [9.17, 15) is 9.59 Å². The van der Waals surface area contributed by atoms with Gasteiger partial charge < -0.3 is 0 Å². The summed E-state index contributed by atoms with van der Waals surface area (Å²) < 4.78 is 0. The van der Waals surface area contributed by atoms with Crippen molar-refractivity contribution < 1.29 is 9.59 Å². The van der Waals surface area contributed by atoms with Crippen molar-refractivity contribution in [3.63, 3.8) is 0 Å². The molecular weight excluding hydrogens is 330 g/mol. The molecule has 0 saturated heterocycles. The number of nitrogens with zero attached hydrogens (tertiary/aromatic N) is 1.